The third-order valence-corrected chi connectivity index (χ3v) is 6.75. The predicted molar refractivity (Wildman–Crippen MR) is 29.0 cm³/mol. The van der Waals surface area contributed by atoms with Crippen LogP contribution in [0.1, 0.15) is 0 Å². The maximum Gasteiger partial charge on any atom is 0.0238 e. The zero-order chi connectivity index (χ0) is 4.28. The highest BCUT2D eigenvalue weighted by Gasteiger charge is 1.84. The Balaban J connectivity index is 2.54. The summed E-state index contributed by atoms with van der Waals surface area (Å²) in [6.07, 6.45) is 0. The van der Waals surface area contributed by atoms with E-state index in [9.17, 15) is 0 Å². The second-order valence-corrected chi connectivity index (χ2v) is 9.38. The van der Waals surface area contributed by atoms with Crippen LogP contribution in [-0.4, -0.2) is 26.6 Å². The monoisotopic (exact) mass is 114 g/mol. The van der Waals surface area contributed by atoms with Crippen LogP contribution >= 0.6 is 0 Å². The molecule has 26 valence electrons. The van der Waals surface area contributed by atoms with Crippen molar-refractivity contribution in [2.24, 2.45) is 0 Å². The number of hydrogen-bond donors (Lipinski definition) is 0. The van der Waals surface area contributed by atoms with Crippen LogP contribution in [0.2, 0.25) is 13.1 Å². The second-order valence-electron chi connectivity index (χ2n) is 1.12. The highest BCUT2D eigenvalue weighted by atomic mass is 29.5. The second kappa shape index (κ2) is 2.87. The van der Waals surface area contributed by atoms with Gasteiger partial charge in [0, 0.05) is 26.6 Å². The van der Waals surface area contributed by atoms with Gasteiger partial charge in [-0.2, -0.15) is 0 Å². The summed E-state index contributed by atoms with van der Waals surface area (Å²) in [7, 11) is 4.52. The van der Waals surface area contributed by atoms with Gasteiger partial charge in [0.05, 0.1) is 0 Å². The van der Waals surface area contributed by atoms with E-state index >= 15 is 0 Å². The van der Waals surface area contributed by atoms with E-state index in [2.05, 4.69) is 22.9 Å². The molecule has 0 fully saturated rings. The fourth-order valence-corrected chi connectivity index (χ4v) is 0. The van der Waals surface area contributed by atoms with Gasteiger partial charge in [-0.25, -0.2) is 0 Å². The van der Waals surface area contributed by atoms with Gasteiger partial charge < -0.3 is 0 Å². The standard InChI is InChI=1S/C2H6Si3/c1-5(2)4-3/h1-2H3. The van der Waals surface area contributed by atoms with E-state index in [4.69, 9.17) is 0 Å². The van der Waals surface area contributed by atoms with Gasteiger partial charge in [0.2, 0.25) is 0 Å². The zero-order valence-electron chi connectivity index (χ0n) is 3.50. The smallest absolute Gasteiger partial charge is 0.0238 e. The molecule has 0 aliphatic rings. The van der Waals surface area contributed by atoms with Crippen LogP contribution in [0.25, 0.3) is 0 Å². The normalized spacial score (nSPS) is 9.60. The topological polar surface area (TPSA) is 0 Å². The first-order valence-corrected chi connectivity index (χ1v) is 7.50. The van der Waals surface area contributed by atoms with E-state index in [0.29, 0.717) is 0 Å². The van der Waals surface area contributed by atoms with Crippen LogP contribution in [-0.2, 0) is 0 Å². The molecule has 0 aliphatic heterocycles. The minimum absolute atomic E-state index is 0.0674. The lowest BCUT2D eigenvalue weighted by Gasteiger charge is -1.85. The van der Waals surface area contributed by atoms with E-state index in [-0.39, 0.29) is 8.31 Å². The van der Waals surface area contributed by atoms with Gasteiger partial charge in [-0.05, 0) is 0 Å². The van der Waals surface area contributed by atoms with Crippen LogP contribution in [0.5, 0.6) is 0 Å². The van der Waals surface area contributed by atoms with Crippen LogP contribution < -0.4 is 0 Å². The Labute approximate surface area is 40.4 Å². The maximum absolute atomic E-state index is 3.43. The summed E-state index contributed by atoms with van der Waals surface area (Å²) in [5.41, 5.74) is 0. The molecule has 0 rings (SSSR count). The first-order valence-electron chi connectivity index (χ1n) is 1.50. The fourth-order valence-electron chi connectivity index (χ4n) is 0. The molecule has 0 saturated carbocycles. The zero-order valence-corrected chi connectivity index (χ0v) is 6.50. The van der Waals surface area contributed by atoms with Crippen molar-refractivity contribution in [1.29, 1.82) is 0 Å². The molecule has 0 bridgehead atoms. The van der Waals surface area contributed by atoms with Crippen molar-refractivity contribution in [3.63, 3.8) is 0 Å². The molecule has 0 amide bonds. The third kappa shape index (κ3) is 4.65. The van der Waals surface area contributed by atoms with Gasteiger partial charge in [0.25, 0.3) is 0 Å². The van der Waals surface area contributed by atoms with E-state index in [0.717, 1.165) is 8.55 Å². The van der Waals surface area contributed by atoms with Crippen molar-refractivity contribution in [1.82, 2.24) is 0 Å². The Morgan fingerprint density at radius 2 is 1.80 bits per heavy atom. The fraction of sp³-hybridized carbons (Fsp3) is 1.00. The summed E-state index contributed by atoms with van der Waals surface area (Å²) in [6.45, 7) is 4.58. The maximum atomic E-state index is 3.43. The Kier molecular flexibility index (Phi) is 3.24. The third-order valence-electron chi connectivity index (χ3n) is 0.250. The Hall–Kier alpha value is 0.651. The lowest BCUT2D eigenvalue weighted by molar-refractivity contribution is 2.10. The Morgan fingerprint density at radius 1 is 1.60 bits per heavy atom. The van der Waals surface area contributed by atoms with E-state index in [1.807, 2.05) is 0 Å². The molecule has 0 saturated heterocycles. The van der Waals surface area contributed by atoms with Crippen LogP contribution in [0.4, 0.5) is 0 Å². The number of rotatable bonds is 1. The summed E-state index contributed by atoms with van der Waals surface area (Å²) in [4.78, 5) is 0. The Morgan fingerprint density at radius 3 is 1.80 bits per heavy atom. The molecular formula is C2H6Si3. The SMILES string of the molecule is C[Si](C)[Si][Si]. The van der Waals surface area contributed by atoms with Crippen LogP contribution in [0.15, 0.2) is 0 Å². The van der Waals surface area contributed by atoms with Gasteiger partial charge in [-0.1, -0.05) is 13.1 Å². The van der Waals surface area contributed by atoms with Crippen molar-refractivity contribution >= 4 is 26.6 Å². The molecule has 0 nitrogen and oxygen atoms in total. The first kappa shape index (κ1) is 5.65. The average molecular weight is 114 g/mol. The summed E-state index contributed by atoms with van der Waals surface area (Å²) in [6, 6.07) is 0. The molecule has 0 aromatic carbocycles. The molecule has 0 heterocycles. The quantitative estimate of drug-likeness (QED) is 0.422. The highest BCUT2D eigenvalue weighted by molar-refractivity contribution is 7.30. The van der Waals surface area contributed by atoms with Crippen LogP contribution in [0, 0.1) is 0 Å². The average Bonchev–Trinajstić information content (AvgIpc) is 1.38. The van der Waals surface area contributed by atoms with Crippen molar-refractivity contribution < 1.29 is 0 Å². The Bertz CT molecular complexity index is 18.9. The molecule has 3 heteroatoms. The van der Waals surface area contributed by atoms with Crippen LogP contribution in [0.3, 0.4) is 0 Å². The van der Waals surface area contributed by atoms with E-state index in [1.165, 1.54) is 0 Å². The predicted octanol–water partition coefficient (Wildman–Crippen LogP) is 0.0252. The highest BCUT2D eigenvalue weighted by Crippen LogP contribution is 1.66. The summed E-state index contributed by atoms with van der Waals surface area (Å²) in [5.74, 6) is 0. The van der Waals surface area contributed by atoms with Gasteiger partial charge >= 0.3 is 0 Å². The molecule has 6 radical (unpaired) electrons. The molecule has 0 N–H and O–H groups in total. The molecule has 0 aromatic rings. The van der Waals surface area contributed by atoms with Gasteiger partial charge in [-0.3, -0.25) is 0 Å². The van der Waals surface area contributed by atoms with Gasteiger partial charge in [0.15, 0.2) is 0 Å². The molecule has 0 atom stereocenters. The minimum atomic E-state index is 0.0674. The van der Waals surface area contributed by atoms with E-state index < -0.39 is 0 Å². The minimum Gasteiger partial charge on any atom is -0.0740 e. The summed E-state index contributed by atoms with van der Waals surface area (Å²) >= 11 is 0. The van der Waals surface area contributed by atoms with Crippen molar-refractivity contribution in [3.8, 4) is 0 Å². The van der Waals surface area contributed by atoms with Gasteiger partial charge in [0.1, 0.15) is 0 Å². The molecule has 0 spiro atoms. The summed E-state index contributed by atoms with van der Waals surface area (Å²) < 4.78 is 0. The molecule has 0 unspecified atom stereocenters. The summed E-state index contributed by atoms with van der Waals surface area (Å²) in [5, 5.41) is 0. The van der Waals surface area contributed by atoms with Crippen molar-refractivity contribution in [2.75, 3.05) is 0 Å². The number of hydrogen-bond acceptors (Lipinski definition) is 0. The van der Waals surface area contributed by atoms with Crippen molar-refractivity contribution in [3.05, 3.63) is 0 Å². The lowest BCUT2D eigenvalue weighted by atomic mass is 11.9. The molecule has 0 aromatic heterocycles. The molecule has 5 heavy (non-hydrogen) atoms. The molecule has 0 aliphatic carbocycles. The van der Waals surface area contributed by atoms with Gasteiger partial charge in [-0.15, -0.1) is 0 Å². The van der Waals surface area contributed by atoms with E-state index in [1.54, 1.807) is 0 Å². The first-order chi connectivity index (χ1) is 2.27. The lowest BCUT2D eigenvalue weighted by Crippen LogP contribution is -2.11. The largest absolute Gasteiger partial charge is 0.0740 e. The molecular weight excluding hydrogens is 108 g/mol. The van der Waals surface area contributed by atoms with Crippen molar-refractivity contribution in [2.45, 2.75) is 13.1 Å².